The average Bonchev–Trinajstić information content (AvgIpc) is 2.71. The van der Waals surface area contributed by atoms with Gasteiger partial charge in [-0.1, -0.05) is 20.8 Å². The van der Waals surface area contributed by atoms with Crippen LogP contribution in [0.15, 0.2) is 17.2 Å². The molecule has 0 fully saturated rings. The molecule has 0 aliphatic carbocycles. The summed E-state index contributed by atoms with van der Waals surface area (Å²) in [5.74, 6) is -0.305. The van der Waals surface area contributed by atoms with Crippen molar-refractivity contribution in [3.8, 4) is 0 Å². The van der Waals surface area contributed by atoms with Gasteiger partial charge in [-0.25, -0.2) is 13.6 Å². The minimum absolute atomic E-state index is 0.0498. The summed E-state index contributed by atoms with van der Waals surface area (Å²) in [5.41, 5.74) is 0.207. The van der Waals surface area contributed by atoms with E-state index in [2.05, 4.69) is 5.32 Å². The minimum Gasteiger partial charge on any atom is -0.348 e. The number of nitrogens with zero attached hydrogens (tertiary/aromatic N) is 1. The molecule has 1 unspecified atom stereocenters. The van der Waals surface area contributed by atoms with Gasteiger partial charge in [0.15, 0.2) is 0 Å². The number of nitrogens with two attached hydrogens (primary N) is 1. The SMILES string of the molecule is CC(C)n1cc(S(N)(=O)=O)cc1C(=O)NC(C)C(C)(C)C. The molecule has 3 N–H and O–H groups in total. The molecule has 0 aromatic carbocycles. The Bertz CT molecular complexity index is 624. The smallest absolute Gasteiger partial charge is 0.268 e. The maximum absolute atomic E-state index is 12.4. The van der Waals surface area contributed by atoms with E-state index in [1.165, 1.54) is 12.3 Å². The molecule has 21 heavy (non-hydrogen) atoms. The highest BCUT2D eigenvalue weighted by molar-refractivity contribution is 7.89. The van der Waals surface area contributed by atoms with Crippen molar-refractivity contribution in [2.24, 2.45) is 10.6 Å². The normalized spacial score (nSPS) is 14.3. The molecule has 1 atom stereocenters. The van der Waals surface area contributed by atoms with Gasteiger partial charge in [0, 0.05) is 18.3 Å². The van der Waals surface area contributed by atoms with E-state index in [4.69, 9.17) is 5.14 Å². The number of nitrogens with one attached hydrogen (secondary N) is 1. The Morgan fingerprint density at radius 2 is 1.81 bits per heavy atom. The largest absolute Gasteiger partial charge is 0.348 e. The lowest BCUT2D eigenvalue weighted by Gasteiger charge is -2.28. The van der Waals surface area contributed by atoms with E-state index in [-0.39, 0.29) is 28.3 Å². The van der Waals surface area contributed by atoms with Crippen molar-refractivity contribution in [3.63, 3.8) is 0 Å². The van der Waals surface area contributed by atoms with Gasteiger partial charge in [-0.15, -0.1) is 0 Å². The third-order valence-corrected chi connectivity index (χ3v) is 4.47. The molecule has 0 bridgehead atoms. The van der Waals surface area contributed by atoms with Gasteiger partial charge in [0.25, 0.3) is 5.91 Å². The van der Waals surface area contributed by atoms with Crippen LogP contribution in [0.5, 0.6) is 0 Å². The van der Waals surface area contributed by atoms with E-state index in [0.29, 0.717) is 5.69 Å². The summed E-state index contributed by atoms with van der Waals surface area (Å²) in [5, 5.41) is 8.04. The predicted octanol–water partition coefficient (Wildman–Crippen LogP) is 1.88. The Morgan fingerprint density at radius 1 is 1.29 bits per heavy atom. The molecule has 1 aromatic heterocycles. The van der Waals surface area contributed by atoms with Crippen LogP contribution >= 0.6 is 0 Å². The summed E-state index contributed by atoms with van der Waals surface area (Å²) < 4.78 is 24.5. The highest BCUT2D eigenvalue weighted by Gasteiger charge is 2.25. The molecule has 120 valence electrons. The van der Waals surface area contributed by atoms with Crippen molar-refractivity contribution in [1.29, 1.82) is 0 Å². The zero-order valence-electron chi connectivity index (χ0n) is 13.5. The van der Waals surface area contributed by atoms with Gasteiger partial charge < -0.3 is 9.88 Å². The fourth-order valence-electron chi connectivity index (χ4n) is 1.71. The van der Waals surface area contributed by atoms with Crippen molar-refractivity contribution in [2.45, 2.75) is 58.5 Å². The van der Waals surface area contributed by atoms with Crippen LogP contribution in [-0.2, 0) is 10.0 Å². The third kappa shape index (κ3) is 4.31. The number of hydrogen-bond acceptors (Lipinski definition) is 3. The second-order valence-electron chi connectivity index (χ2n) is 6.67. The van der Waals surface area contributed by atoms with Crippen molar-refractivity contribution in [1.82, 2.24) is 9.88 Å². The van der Waals surface area contributed by atoms with E-state index < -0.39 is 10.0 Å². The number of primary sulfonamides is 1. The second kappa shape index (κ2) is 5.81. The molecule has 0 aliphatic rings. The average molecular weight is 315 g/mol. The Kier molecular flexibility index (Phi) is 4.90. The van der Waals surface area contributed by atoms with E-state index in [1.54, 1.807) is 4.57 Å². The van der Waals surface area contributed by atoms with Crippen LogP contribution in [0.1, 0.15) is 58.1 Å². The highest BCUT2D eigenvalue weighted by Crippen LogP contribution is 2.21. The summed E-state index contributed by atoms with van der Waals surface area (Å²) in [6, 6.07) is 1.21. The van der Waals surface area contributed by atoms with Crippen molar-refractivity contribution < 1.29 is 13.2 Å². The molecule has 0 aliphatic heterocycles. The van der Waals surface area contributed by atoms with Gasteiger partial charge in [-0.3, -0.25) is 4.79 Å². The van der Waals surface area contributed by atoms with Crippen LogP contribution in [0.2, 0.25) is 0 Å². The van der Waals surface area contributed by atoms with Crippen LogP contribution in [0.25, 0.3) is 0 Å². The first-order valence-electron chi connectivity index (χ1n) is 6.89. The van der Waals surface area contributed by atoms with E-state index in [0.717, 1.165) is 0 Å². The number of sulfonamides is 1. The van der Waals surface area contributed by atoms with Crippen molar-refractivity contribution in [3.05, 3.63) is 18.0 Å². The maximum atomic E-state index is 12.4. The number of carbonyl (C=O) groups is 1. The molecular formula is C14H25N3O3S. The van der Waals surface area contributed by atoms with Crippen molar-refractivity contribution in [2.75, 3.05) is 0 Å². The van der Waals surface area contributed by atoms with Gasteiger partial charge in [-0.2, -0.15) is 0 Å². The van der Waals surface area contributed by atoms with E-state index in [1.807, 2.05) is 41.5 Å². The molecule has 1 amide bonds. The summed E-state index contributed by atoms with van der Waals surface area (Å²) in [6.07, 6.45) is 1.40. The predicted molar refractivity (Wildman–Crippen MR) is 82.6 cm³/mol. The molecular weight excluding hydrogens is 290 g/mol. The molecule has 1 heterocycles. The Labute approximate surface area is 126 Å². The Hall–Kier alpha value is -1.34. The Morgan fingerprint density at radius 3 is 2.19 bits per heavy atom. The van der Waals surface area contributed by atoms with Gasteiger partial charge in [-0.05, 0) is 32.3 Å². The van der Waals surface area contributed by atoms with Crippen LogP contribution in [0.3, 0.4) is 0 Å². The lowest BCUT2D eigenvalue weighted by Crippen LogP contribution is -2.42. The van der Waals surface area contributed by atoms with Crippen LogP contribution in [-0.4, -0.2) is 24.9 Å². The standard InChI is InChI=1S/C14H25N3O3S/c1-9(2)17-8-11(21(15,19)20)7-12(17)13(18)16-10(3)14(4,5)6/h7-10H,1-6H3,(H,16,18)(H2,15,19,20). The third-order valence-electron chi connectivity index (χ3n) is 3.59. The van der Waals surface area contributed by atoms with Gasteiger partial charge in [0.2, 0.25) is 10.0 Å². The minimum atomic E-state index is -3.83. The first-order valence-corrected chi connectivity index (χ1v) is 8.44. The molecule has 7 heteroatoms. The maximum Gasteiger partial charge on any atom is 0.268 e. The molecule has 0 saturated carbocycles. The first kappa shape index (κ1) is 17.7. The molecule has 6 nitrogen and oxygen atoms in total. The molecule has 0 spiro atoms. The molecule has 1 aromatic rings. The number of rotatable bonds is 4. The topological polar surface area (TPSA) is 94.2 Å². The number of aromatic nitrogens is 1. The summed E-state index contributed by atoms with van der Waals surface area (Å²) in [7, 11) is -3.83. The summed E-state index contributed by atoms with van der Waals surface area (Å²) in [6.45, 7) is 11.7. The number of carbonyl (C=O) groups excluding carboxylic acids is 1. The van der Waals surface area contributed by atoms with E-state index >= 15 is 0 Å². The lowest BCUT2D eigenvalue weighted by molar-refractivity contribution is 0.0899. The molecule has 0 saturated heterocycles. The zero-order valence-corrected chi connectivity index (χ0v) is 14.3. The van der Waals surface area contributed by atoms with Crippen LogP contribution in [0.4, 0.5) is 0 Å². The van der Waals surface area contributed by atoms with Crippen LogP contribution in [0, 0.1) is 5.41 Å². The lowest BCUT2D eigenvalue weighted by atomic mass is 9.88. The fourth-order valence-corrected chi connectivity index (χ4v) is 2.24. The molecule has 1 rings (SSSR count). The van der Waals surface area contributed by atoms with Crippen molar-refractivity contribution >= 4 is 15.9 Å². The van der Waals surface area contributed by atoms with Gasteiger partial charge >= 0.3 is 0 Å². The van der Waals surface area contributed by atoms with Gasteiger partial charge in [0.05, 0.1) is 0 Å². The number of amides is 1. The van der Waals surface area contributed by atoms with E-state index in [9.17, 15) is 13.2 Å². The molecule has 0 radical (unpaired) electrons. The Balaban J connectivity index is 3.17. The zero-order chi connectivity index (χ0) is 16.6. The highest BCUT2D eigenvalue weighted by atomic mass is 32.2. The fraction of sp³-hybridized carbons (Fsp3) is 0.643. The van der Waals surface area contributed by atoms with Crippen LogP contribution < -0.4 is 10.5 Å². The summed E-state index contributed by atoms with van der Waals surface area (Å²) >= 11 is 0. The number of hydrogen-bond donors (Lipinski definition) is 2. The summed E-state index contributed by atoms with van der Waals surface area (Å²) in [4.78, 5) is 12.3. The van der Waals surface area contributed by atoms with Gasteiger partial charge in [0.1, 0.15) is 10.6 Å². The second-order valence-corrected chi connectivity index (χ2v) is 8.23. The first-order chi connectivity index (χ1) is 9.34. The monoisotopic (exact) mass is 315 g/mol. The quantitative estimate of drug-likeness (QED) is 0.888.